The highest BCUT2D eigenvalue weighted by atomic mass is 16.5. The van der Waals surface area contributed by atoms with Gasteiger partial charge in [0.2, 0.25) is 17.5 Å². The van der Waals surface area contributed by atoms with Gasteiger partial charge in [-0.1, -0.05) is 18.2 Å². The Morgan fingerprint density at radius 3 is 2.41 bits per heavy atom. The monoisotopic (exact) mass is 432 g/mol. The van der Waals surface area contributed by atoms with Crippen molar-refractivity contribution in [3.63, 3.8) is 0 Å². The van der Waals surface area contributed by atoms with Gasteiger partial charge < -0.3 is 18.9 Å². The minimum Gasteiger partial charge on any atom is -0.493 e. The van der Waals surface area contributed by atoms with E-state index in [-0.39, 0.29) is 11.8 Å². The van der Waals surface area contributed by atoms with Gasteiger partial charge in [-0.3, -0.25) is 10.5 Å². The predicted octanol–water partition coefficient (Wildman–Crippen LogP) is 4.36. The van der Waals surface area contributed by atoms with E-state index in [9.17, 15) is 5.26 Å². The average Bonchev–Trinajstić information content (AvgIpc) is 3.22. The van der Waals surface area contributed by atoms with Crippen LogP contribution in [-0.4, -0.2) is 37.4 Å². The number of hydrogen-bond donors (Lipinski definition) is 2. The van der Waals surface area contributed by atoms with Gasteiger partial charge in [0.05, 0.1) is 38.7 Å². The fraction of sp³-hybridized carbons (Fsp3) is 0.292. The molecule has 164 valence electrons. The highest BCUT2D eigenvalue weighted by Crippen LogP contribution is 2.51. The Hall–Kier alpha value is -3.99. The quantitative estimate of drug-likeness (QED) is 0.619. The summed E-state index contributed by atoms with van der Waals surface area (Å²) in [7, 11) is 4.61. The molecule has 8 nitrogen and oxygen atoms in total. The van der Waals surface area contributed by atoms with E-state index >= 15 is 0 Å². The second kappa shape index (κ2) is 8.27. The minimum atomic E-state index is -0.877. The molecular weight excluding hydrogens is 408 g/mol. The number of ether oxygens (including phenoxy) is 4. The average molecular weight is 432 g/mol. The number of hydrogen-bond acceptors (Lipinski definition) is 7. The Kier molecular flexibility index (Phi) is 5.49. The van der Waals surface area contributed by atoms with Crippen LogP contribution in [0.4, 0.5) is 0 Å². The molecule has 32 heavy (non-hydrogen) atoms. The number of rotatable bonds is 5. The molecule has 3 aromatic rings. The molecule has 8 heteroatoms. The SMILES string of the molecule is COc1ccc(C2c3c(n[nH]c3-c3ccc(C)c(C)c3)OC(=N)C2C#N)c(OC)c1OC. The third kappa shape index (κ3) is 3.23. The van der Waals surface area contributed by atoms with Crippen LogP contribution in [0.2, 0.25) is 0 Å². The van der Waals surface area contributed by atoms with Gasteiger partial charge in [0.15, 0.2) is 11.5 Å². The summed E-state index contributed by atoms with van der Waals surface area (Å²) in [4.78, 5) is 0. The molecule has 0 saturated heterocycles. The first-order chi connectivity index (χ1) is 15.4. The Labute approximate surface area is 186 Å². The van der Waals surface area contributed by atoms with Crippen molar-refractivity contribution in [3.8, 4) is 40.5 Å². The maximum absolute atomic E-state index is 9.99. The number of aromatic nitrogens is 2. The van der Waals surface area contributed by atoms with E-state index in [0.29, 0.717) is 28.4 Å². The largest absolute Gasteiger partial charge is 0.493 e. The highest BCUT2D eigenvalue weighted by Gasteiger charge is 2.42. The van der Waals surface area contributed by atoms with Gasteiger partial charge in [-0.05, 0) is 37.1 Å². The zero-order valence-electron chi connectivity index (χ0n) is 18.6. The van der Waals surface area contributed by atoms with Crippen LogP contribution in [0.1, 0.15) is 28.2 Å². The fourth-order valence-electron chi connectivity index (χ4n) is 4.14. The molecule has 2 unspecified atom stereocenters. The number of methoxy groups -OCH3 is 3. The maximum atomic E-state index is 9.99. The molecule has 0 spiro atoms. The van der Waals surface area contributed by atoms with Gasteiger partial charge in [-0.15, -0.1) is 5.10 Å². The molecule has 2 N–H and O–H groups in total. The number of fused-ring (bicyclic) bond motifs is 1. The fourth-order valence-corrected chi connectivity index (χ4v) is 4.14. The third-order valence-electron chi connectivity index (χ3n) is 5.91. The molecular formula is C24H24N4O4. The van der Waals surface area contributed by atoms with E-state index in [4.69, 9.17) is 24.4 Å². The summed E-state index contributed by atoms with van der Waals surface area (Å²) in [6, 6.07) is 11.9. The smallest absolute Gasteiger partial charge is 0.244 e. The van der Waals surface area contributed by atoms with Crippen molar-refractivity contribution >= 4 is 5.90 Å². The minimum absolute atomic E-state index is 0.167. The number of benzene rings is 2. The Morgan fingerprint density at radius 2 is 1.78 bits per heavy atom. The van der Waals surface area contributed by atoms with Crippen molar-refractivity contribution in [1.29, 1.82) is 10.7 Å². The number of aryl methyl sites for hydroxylation is 2. The number of H-pyrrole nitrogens is 1. The Morgan fingerprint density at radius 1 is 1.03 bits per heavy atom. The van der Waals surface area contributed by atoms with Gasteiger partial charge >= 0.3 is 0 Å². The van der Waals surface area contributed by atoms with E-state index < -0.39 is 11.8 Å². The number of aromatic amines is 1. The lowest BCUT2D eigenvalue weighted by Gasteiger charge is -2.30. The van der Waals surface area contributed by atoms with Gasteiger partial charge in [-0.25, -0.2) is 0 Å². The zero-order chi connectivity index (χ0) is 23.0. The first kappa shape index (κ1) is 21.2. The van der Waals surface area contributed by atoms with Crippen molar-refractivity contribution in [2.45, 2.75) is 19.8 Å². The van der Waals surface area contributed by atoms with E-state index in [1.165, 1.54) is 19.8 Å². The number of nitrogens with zero attached hydrogens (tertiary/aromatic N) is 2. The van der Waals surface area contributed by atoms with Crippen LogP contribution >= 0.6 is 0 Å². The third-order valence-corrected chi connectivity index (χ3v) is 5.91. The summed E-state index contributed by atoms with van der Waals surface area (Å²) < 4.78 is 22.3. The standard InChI is InChI=1S/C24H24N4O4/c1-12-6-7-14(10-13(12)2)20-19-18(16(11-25)23(26)32-24(19)28-27-20)15-8-9-17(29-3)22(31-5)21(15)30-4/h6-10,16,18,26H,1-5H3,(H,27,28). The molecule has 1 aliphatic heterocycles. The van der Waals surface area contributed by atoms with Gasteiger partial charge in [0, 0.05) is 17.0 Å². The summed E-state index contributed by atoms with van der Waals surface area (Å²) in [6.45, 7) is 4.09. The van der Waals surface area contributed by atoms with Crippen LogP contribution in [0.5, 0.6) is 23.1 Å². The highest BCUT2D eigenvalue weighted by molar-refractivity contribution is 5.87. The van der Waals surface area contributed by atoms with Gasteiger partial charge in [-0.2, -0.15) is 5.26 Å². The van der Waals surface area contributed by atoms with Crippen LogP contribution in [0.3, 0.4) is 0 Å². The zero-order valence-corrected chi connectivity index (χ0v) is 18.6. The summed E-state index contributed by atoms with van der Waals surface area (Å²) in [5, 5.41) is 25.7. The van der Waals surface area contributed by atoms with Crippen molar-refractivity contribution < 1.29 is 18.9 Å². The van der Waals surface area contributed by atoms with Crippen molar-refractivity contribution in [2.24, 2.45) is 5.92 Å². The molecule has 0 amide bonds. The van der Waals surface area contributed by atoms with Crippen LogP contribution in [0, 0.1) is 36.5 Å². The summed E-state index contributed by atoms with van der Waals surface area (Å²) in [5.41, 5.74) is 5.33. The molecule has 0 bridgehead atoms. The molecule has 2 aromatic carbocycles. The molecule has 2 atom stereocenters. The lowest BCUT2D eigenvalue weighted by atomic mass is 9.78. The second-order valence-electron chi connectivity index (χ2n) is 7.59. The van der Waals surface area contributed by atoms with E-state index in [1.807, 2.05) is 25.1 Å². The normalized spacial score (nSPS) is 17.2. The molecule has 0 radical (unpaired) electrons. The molecule has 4 rings (SSSR count). The van der Waals surface area contributed by atoms with Crippen LogP contribution < -0.4 is 18.9 Å². The molecule has 2 heterocycles. The lowest BCUT2D eigenvalue weighted by molar-refractivity contribution is 0.320. The van der Waals surface area contributed by atoms with E-state index in [0.717, 1.165) is 16.8 Å². The number of nitrogens with one attached hydrogen (secondary N) is 2. The first-order valence-corrected chi connectivity index (χ1v) is 10.1. The van der Waals surface area contributed by atoms with Crippen LogP contribution in [-0.2, 0) is 0 Å². The van der Waals surface area contributed by atoms with Crippen LogP contribution in [0.25, 0.3) is 11.3 Å². The van der Waals surface area contributed by atoms with E-state index in [1.54, 1.807) is 13.2 Å². The summed E-state index contributed by atoms with van der Waals surface area (Å²) >= 11 is 0. The Bertz CT molecular complexity index is 1240. The maximum Gasteiger partial charge on any atom is 0.244 e. The van der Waals surface area contributed by atoms with Gasteiger partial charge in [0.25, 0.3) is 0 Å². The lowest BCUT2D eigenvalue weighted by Crippen LogP contribution is -2.31. The summed E-state index contributed by atoms with van der Waals surface area (Å²) in [6.07, 6.45) is 0. The van der Waals surface area contributed by atoms with Gasteiger partial charge in [0.1, 0.15) is 5.92 Å². The Balaban J connectivity index is 2.00. The van der Waals surface area contributed by atoms with Crippen molar-refractivity contribution in [3.05, 3.63) is 52.6 Å². The van der Waals surface area contributed by atoms with Crippen molar-refractivity contribution in [1.82, 2.24) is 10.2 Å². The molecule has 0 aliphatic carbocycles. The van der Waals surface area contributed by atoms with Crippen LogP contribution in [0.15, 0.2) is 30.3 Å². The van der Waals surface area contributed by atoms with Crippen molar-refractivity contribution in [2.75, 3.05) is 21.3 Å². The number of nitriles is 1. The molecule has 1 aromatic heterocycles. The molecule has 1 aliphatic rings. The molecule has 0 saturated carbocycles. The summed E-state index contributed by atoms with van der Waals surface area (Å²) in [5.74, 6) is 0.0193. The van der Waals surface area contributed by atoms with E-state index in [2.05, 4.69) is 29.3 Å². The molecule has 0 fully saturated rings. The second-order valence-corrected chi connectivity index (χ2v) is 7.59. The topological polar surface area (TPSA) is 113 Å². The first-order valence-electron chi connectivity index (χ1n) is 10.1. The predicted molar refractivity (Wildman–Crippen MR) is 119 cm³/mol.